The Morgan fingerprint density at radius 2 is 1.62 bits per heavy atom. The van der Waals surface area contributed by atoms with E-state index in [0.29, 0.717) is 0 Å². The molecule has 1 N–H and O–H groups in total. The van der Waals surface area contributed by atoms with Gasteiger partial charge in [0, 0.05) is 27.9 Å². The Balaban J connectivity index is 1.79. The maximum atomic E-state index is 11.2. The predicted molar refractivity (Wildman–Crippen MR) is 105 cm³/mol. The van der Waals surface area contributed by atoms with Gasteiger partial charge in [-0.25, -0.2) is 0 Å². The van der Waals surface area contributed by atoms with Crippen LogP contribution in [-0.2, 0) is 11.2 Å². The highest BCUT2D eigenvalue weighted by Crippen LogP contribution is 2.30. The lowest BCUT2D eigenvalue weighted by molar-refractivity contribution is -0.136. The van der Waals surface area contributed by atoms with E-state index in [9.17, 15) is 9.90 Å². The molecule has 0 aliphatic carbocycles. The highest BCUT2D eigenvalue weighted by molar-refractivity contribution is 6.33. The summed E-state index contributed by atoms with van der Waals surface area (Å²) in [6.07, 6.45) is 1.91. The van der Waals surface area contributed by atoms with Gasteiger partial charge in [-0.3, -0.25) is 4.79 Å². The van der Waals surface area contributed by atoms with Gasteiger partial charge < -0.3 is 9.67 Å². The Hall–Kier alpha value is -3.04. The molecule has 0 fully saturated rings. The molecular formula is C22H16ClNO2. The molecule has 4 aromatic rings. The predicted octanol–water partition coefficient (Wildman–Crippen LogP) is 5.58. The summed E-state index contributed by atoms with van der Waals surface area (Å²) in [5, 5.41) is 10.9. The molecule has 0 atom stereocenters. The van der Waals surface area contributed by atoms with Crippen molar-refractivity contribution in [2.75, 3.05) is 0 Å². The maximum Gasteiger partial charge on any atom is 0.307 e. The lowest BCUT2D eigenvalue weighted by atomic mass is 10.1. The number of fused-ring (bicyclic) bond motifs is 1. The Labute approximate surface area is 156 Å². The molecule has 3 nitrogen and oxygen atoms in total. The number of halogens is 1. The topological polar surface area (TPSA) is 42.2 Å². The number of carboxylic acid groups (broad SMARTS) is 1. The summed E-state index contributed by atoms with van der Waals surface area (Å²) in [6, 6.07) is 23.7. The summed E-state index contributed by atoms with van der Waals surface area (Å²) in [4.78, 5) is 11.2. The highest BCUT2D eigenvalue weighted by Gasteiger charge is 2.12. The molecular weight excluding hydrogens is 346 g/mol. The van der Waals surface area contributed by atoms with Gasteiger partial charge in [0.05, 0.1) is 11.9 Å². The number of para-hydroxylation sites is 1. The van der Waals surface area contributed by atoms with E-state index in [2.05, 4.69) is 0 Å². The Morgan fingerprint density at radius 3 is 2.35 bits per heavy atom. The molecule has 4 heteroatoms. The number of hydrogen-bond donors (Lipinski definition) is 1. The van der Waals surface area contributed by atoms with Crippen LogP contribution in [0.4, 0.5) is 0 Å². The van der Waals surface area contributed by atoms with Gasteiger partial charge in [0.15, 0.2) is 0 Å². The van der Waals surface area contributed by atoms with Crippen molar-refractivity contribution in [3.05, 3.63) is 89.6 Å². The first-order valence-corrected chi connectivity index (χ1v) is 8.67. The molecule has 0 unspecified atom stereocenters. The van der Waals surface area contributed by atoms with Crippen LogP contribution in [0.15, 0.2) is 79.0 Å². The fraction of sp³-hybridized carbons (Fsp3) is 0.0455. The van der Waals surface area contributed by atoms with Crippen LogP contribution < -0.4 is 0 Å². The van der Waals surface area contributed by atoms with Gasteiger partial charge >= 0.3 is 5.97 Å². The van der Waals surface area contributed by atoms with Crippen molar-refractivity contribution in [1.29, 1.82) is 0 Å². The fourth-order valence-corrected chi connectivity index (χ4v) is 3.51. The first-order valence-electron chi connectivity index (χ1n) is 8.29. The van der Waals surface area contributed by atoms with Crippen molar-refractivity contribution in [2.24, 2.45) is 0 Å². The van der Waals surface area contributed by atoms with Crippen molar-refractivity contribution < 1.29 is 9.90 Å². The zero-order chi connectivity index (χ0) is 18.1. The van der Waals surface area contributed by atoms with Gasteiger partial charge in [0.25, 0.3) is 0 Å². The zero-order valence-corrected chi connectivity index (χ0v) is 14.6. The molecule has 3 aromatic carbocycles. The van der Waals surface area contributed by atoms with Crippen molar-refractivity contribution in [1.82, 2.24) is 4.57 Å². The van der Waals surface area contributed by atoms with Crippen LogP contribution in [-0.4, -0.2) is 15.6 Å². The van der Waals surface area contributed by atoms with Crippen LogP contribution in [0, 0.1) is 0 Å². The Bertz CT molecular complexity index is 1100. The number of carbonyl (C=O) groups is 1. The maximum absolute atomic E-state index is 11.2. The summed E-state index contributed by atoms with van der Waals surface area (Å²) in [5.41, 5.74) is 4.82. The van der Waals surface area contributed by atoms with Crippen LogP contribution in [0.25, 0.3) is 27.7 Å². The van der Waals surface area contributed by atoms with E-state index in [4.69, 9.17) is 11.6 Å². The molecule has 0 radical (unpaired) electrons. The van der Waals surface area contributed by atoms with Gasteiger partial charge in [-0.15, -0.1) is 0 Å². The van der Waals surface area contributed by atoms with E-state index in [-0.39, 0.29) is 6.42 Å². The Morgan fingerprint density at radius 1 is 0.923 bits per heavy atom. The van der Waals surface area contributed by atoms with Gasteiger partial charge in [-0.1, -0.05) is 60.1 Å². The third kappa shape index (κ3) is 2.98. The fourth-order valence-electron chi connectivity index (χ4n) is 3.26. The summed E-state index contributed by atoms with van der Waals surface area (Å²) in [5.74, 6) is -0.832. The van der Waals surface area contributed by atoms with Gasteiger partial charge in [0.2, 0.25) is 0 Å². The lowest BCUT2D eigenvalue weighted by Crippen LogP contribution is -1.99. The van der Waals surface area contributed by atoms with Crippen molar-refractivity contribution >= 4 is 28.5 Å². The smallest absolute Gasteiger partial charge is 0.307 e. The van der Waals surface area contributed by atoms with E-state index < -0.39 is 5.97 Å². The molecule has 1 aromatic heterocycles. The second-order valence-corrected chi connectivity index (χ2v) is 6.55. The minimum Gasteiger partial charge on any atom is -0.481 e. The molecule has 0 aliphatic rings. The molecule has 0 bridgehead atoms. The molecule has 4 rings (SSSR count). The van der Waals surface area contributed by atoms with Crippen LogP contribution in [0.5, 0.6) is 0 Å². The molecule has 26 heavy (non-hydrogen) atoms. The molecule has 0 aliphatic heterocycles. The summed E-state index contributed by atoms with van der Waals surface area (Å²) in [7, 11) is 0. The molecule has 0 saturated carbocycles. The number of benzene rings is 3. The molecule has 128 valence electrons. The minimum absolute atomic E-state index is 0.00518. The normalized spacial score (nSPS) is 11.0. The van der Waals surface area contributed by atoms with Crippen molar-refractivity contribution in [2.45, 2.75) is 6.42 Å². The lowest BCUT2D eigenvalue weighted by Gasteiger charge is -2.08. The Kier molecular flexibility index (Phi) is 4.23. The van der Waals surface area contributed by atoms with Crippen LogP contribution >= 0.6 is 11.6 Å². The molecule has 0 saturated heterocycles. The van der Waals surface area contributed by atoms with E-state index in [1.54, 1.807) is 0 Å². The van der Waals surface area contributed by atoms with Crippen LogP contribution in [0.2, 0.25) is 5.02 Å². The first-order chi connectivity index (χ1) is 12.6. The van der Waals surface area contributed by atoms with Crippen molar-refractivity contribution in [3.8, 4) is 16.8 Å². The summed E-state index contributed by atoms with van der Waals surface area (Å²) in [6.45, 7) is 0. The summed E-state index contributed by atoms with van der Waals surface area (Å²) >= 11 is 6.28. The number of hydrogen-bond acceptors (Lipinski definition) is 1. The monoisotopic (exact) mass is 361 g/mol. The third-order valence-electron chi connectivity index (χ3n) is 4.47. The van der Waals surface area contributed by atoms with E-state index >= 15 is 0 Å². The third-order valence-corrected chi connectivity index (χ3v) is 4.80. The number of carboxylic acids is 1. The number of aliphatic carboxylic acids is 1. The molecule has 0 spiro atoms. The van der Waals surface area contributed by atoms with Gasteiger partial charge in [0.1, 0.15) is 0 Å². The largest absolute Gasteiger partial charge is 0.481 e. The first kappa shape index (κ1) is 16.4. The SMILES string of the molecule is O=C(O)Cc1cn(-c2ccc(-c3ccccc3Cl)cc2)c2ccccc12. The van der Waals surface area contributed by atoms with E-state index in [1.165, 1.54) is 0 Å². The molecule has 1 heterocycles. The second kappa shape index (κ2) is 6.70. The van der Waals surface area contributed by atoms with E-state index in [1.807, 2.05) is 83.6 Å². The minimum atomic E-state index is -0.832. The van der Waals surface area contributed by atoms with Crippen LogP contribution in [0.1, 0.15) is 5.56 Å². The van der Waals surface area contributed by atoms with Gasteiger partial charge in [-0.05, 0) is 35.4 Å². The average Bonchev–Trinajstić information content (AvgIpc) is 3.00. The highest BCUT2D eigenvalue weighted by atomic mass is 35.5. The average molecular weight is 362 g/mol. The standard InChI is InChI=1S/C22H16ClNO2/c23-20-7-3-1-5-18(20)15-9-11-17(12-10-15)24-14-16(13-22(25)26)19-6-2-4-8-21(19)24/h1-12,14H,13H2,(H,25,26). The van der Waals surface area contributed by atoms with Crippen molar-refractivity contribution in [3.63, 3.8) is 0 Å². The number of aromatic nitrogens is 1. The summed E-state index contributed by atoms with van der Waals surface area (Å²) < 4.78 is 2.03. The second-order valence-electron chi connectivity index (χ2n) is 6.14. The molecule has 0 amide bonds. The van der Waals surface area contributed by atoms with Gasteiger partial charge in [-0.2, -0.15) is 0 Å². The van der Waals surface area contributed by atoms with E-state index in [0.717, 1.165) is 38.3 Å². The zero-order valence-electron chi connectivity index (χ0n) is 13.9. The number of rotatable bonds is 4. The van der Waals surface area contributed by atoms with Crippen LogP contribution in [0.3, 0.4) is 0 Å². The quantitative estimate of drug-likeness (QED) is 0.515. The number of nitrogens with zero attached hydrogens (tertiary/aromatic N) is 1.